The van der Waals surface area contributed by atoms with Crippen molar-refractivity contribution in [3.05, 3.63) is 70.4 Å². The Morgan fingerprint density at radius 2 is 1.85 bits per heavy atom. The Labute approximate surface area is 193 Å². The Morgan fingerprint density at radius 3 is 2.48 bits per heavy atom. The maximum atomic E-state index is 12.2. The van der Waals surface area contributed by atoms with E-state index in [0.29, 0.717) is 24.7 Å². The lowest BCUT2D eigenvalue weighted by Crippen LogP contribution is -2.24. The largest absolute Gasteiger partial charge is 0.490 e. The molecule has 0 saturated heterocycles. The van der Waals surface area contributed by atoms with Gasteiger partial charge in [-0.2, -0.15) is 5.10 Å². The first-order valence-electron chi connectivity index (χ1n) is 10.7. The van der Waals surface area contributed by atoms with E-state index in [1.54, 1.807) is 24.5 Å². The SMILES string of the molecule is CC(C)c1ccc(=O)n(Cc2cccc(-c3ncc(OCCCN(C)C)cn3)c2)n1.O=CO. The van der Waals surface area contributed by atoms with Crippen molar-refractivity contribution in [3.8, 4) is 17.1 Å². The van der Waals surface area contributed by atoms with Gasteiger partial charge in [-0.25, -0.2) is 14.6 Å². The quantitative estimate of drug-likeness (QED) is 0.389. The molecule has 0 saturated carbocycles. The zero-order valence-electron chi connectivity index (χ0n) is 19.5. The number of ether oxygens (including phenoxy) is 1. The second-order valence-electron chi connectivity index (χ2n) is 7.96. The summed E-state index contributed by atoms with van der Waals surface area (Å²) in [6, 6.07) is 11.2. The van der Waals surface area contributed by atoms with Crippen molar-refractivity contribution in [3.63, 3.8) is 0 Å². The molecule has 0 bridgehead atoms. The van der Waals surface area contributed by atoms with Crippen molar-refractivity contribution in [1.82, 2.24) is 24.6 Å². The summed E-state index contributed by atoms with van der Waals surface area (Å²) in [5, 5.41) is 11.4. The van der Waals surface area contributed by atoms with Crippen LogP contribution in [0.3, 0.4) is 0 Å². The molecule has 0 unspecified atom stereocenters. The van der Waals surface area contributed by atoms with Crippen LogP contribution in [0.25, 0.3) is 11.4 Å². The molecule has 1 aromatic carbocycles. The smallest absolute Gasteiger partial charge is 0.290 e. The molecule has 2 aromatic heterocycles. The molecular formula is C24H31N5O4. The maximum Gasteiger partial charge on any atom is 0.290 e. The van der Waals surface area contributed by atoms with E-state index in [1.807, 2.05) is 38.4 Å². The monoisotopic (exact) mass is 453 g/mol. The maximum absolute atomic E-state index is 12.2. The molecule has 1 N–H and O–H groups in total. The fourth-order valence-electron chi connectivity index (χ4n) is 2.98. The number of hydrogen-bond donors (Lipinski definition) is 1. The average Bonchev–Trinajstić information content (AvgIpc) is 2.79. The zero-order valence-corrected chi connectivity index (χ0v) is 19.5. The predicted molar refractivity (Wildman–Crippen MR) is 127 cm³/mol. The van der Waals surface area contributed by atoms with Gasteiger partial charge in [0.25, 0.3) is 12.0 Å². The minimum atomic E-state index is -0.250. The van der Waals surface area contributed by atoms with Crippen molar-refractivity contribution >= 4 is 6.47 Å². The topological polar surface area (TPSA) is 110 Å². The van der Waals surface area contributed by atoms with Gasteiger partial charge in [-0.1, -0.05) is 32.0 Å². The van der Waals surface area contributed by atoms with Gasteiger partial charge in [0.15, 0.2) is 11.6 Å². The van der Waals surface area contributed by atoms with Crippen LogP contribution in [0.5, 0.6) is 5.75 Å². The summed E-state index contributed by atoms with van der Waals surface area (Å²) in [6.45, 7) is 5.88. The minimum absolute atomic E-state index is 0.114. The minimum Gasteiger partial charge on any atom is -0.490 e. The molecule has 0 atom stereocenters. The Hall–Kier alpha value is -3.59. The molecule has 3 aromatic rings. The van der Waals surface area contributed by atoms with Gasteiger partial charge in [0.1, 0.15) is 0 Å². The average molecular weight is 454 g/mol. The van der Waals surface area contributed by atoms with Crippen LogP contribution in [0.15, 0.2) is 53.6 Å². The van der Waals surface area contributed by atoms with E-state index in [9.17, 15) is 4.79 Å². The van der Waals surface area contributed by atoms with Crippen LogP contribution in [-0.4, -0.2) is 63.5 Å². The van der Waals surface area contributed by atoms with Gasteiger partial charge in [-0.05, 0) is 44.1 Å². The molecule has 0 aliphatic carbocycles. The van der Waals surface area contributed by atoms with Gasteiger partial charge in [0, 0.05) is 18.2 Å². The third-order valence-electron chi connectivity index (χ3n) is 4.64. The highest BCUT2D eigenvalue weighted by atomic mass is 16.5. The second kappa shape index (κ2) is 13.1. The molecule has 176 valence electrons. The van der Waals surface area contributed by atoms with Crippen LogP contribution in [-0.2, 0) is 11.3 Å². The van der Waals surface area contributed by atoms with Crippen LogP contribution in [0.2, 0.25) is 0 Å². The summed E-state index contributed by atoms with van der Waals surface area (Å²) < 4.78 is 7.20. The van der Waals surface area contributed by atoms with Crippen LogP contribution >= 0.6 is 0 Å². The van der Waals surface area contributed by atoms with E-state index in [-0.39, 0.29) is 17.9 Å². The Balaban J connectivity index is 0.00000122. The molecule has 9 nitrogen and oxygen atoms in total. The van der Waals surface area contributed by atoms with Gasteiger partial charge in [0.05, 0.1) is 31.2 Å². The van der Waals surface area contributed by atoms with E-state index in [4.69, 9.17) is 14.6 Å². The lowest BCUT2D eigenvalue weighted by atomic mass is 10.1. The first-order chi connectivity index (χ1) is 15.8. The third-order valence-corrected chi connectivity index (χ3v) is 4.64. The fourth-order valence-corrected chi connectivity index (χ4v) is 2.98. The second-order valence-corrected chi connectivity index (χ2v) is 7.96. The predicted octanol–water partition coefficient (Wildman–Crippen LogP) is 2.90. The van der Waals surface area contributed by atoms with Gasteiger partial charge in [-0.15, -0.1) is 0 Å². The van der Waals surface area contributed by atoms with E-state index in [2.05, 4.69) is 33.8 Å². The first kappa shape index (κ1) is 25.7. The van der Waals surface area contributed by atoms with Crippen molar-refractivity contribution in [2.24, 2.45) is 0 Å². The molecule has 0 fully saturated rings. The van der Waals surface area contributed by atoms with Crippen molar-refractivity contribution < 1.29 is 14.6 Å². The summed E-state index contributed by atoms with van der Waals surface area (Å²) in [7, 11) is 4.08. The number of benzene rings is 1. The lowest BCUT2D eigenvalue weighted by molar-refractivity contribution is -0.122. The van der Waals surface area contributed by atoms with Gasteiger partial charge >= 0.3 is 0 Å². The molecule has 33 heavy (non-hydrogen) atoms. The number of nitrogens with zero attached hydrogens (tertiary/aromatic N) is 5. The number of carbonyl (C=O) groups is 1. The van der Waals surface area contributed by atoms with Crippen LogP contribution in [0, 0.1) is 0 Å². The molecule has 0 aliphatic heterocycles. The van der Waals surface area contributed by atoms with Crippen molar-refractivity contribution in [2.45, 2.75) is 32.7 Å². The highest BCUT2D eigenvalue weighted by molar-refractivity contribution is 5.56. The summed E-state index contributed by atoms with van der Waals surface area (Å²) in [6.07, 6.45) is 4.34. The summed E-state index contributed by atoms with van der Waals surface area (Å²) in [5.74, 6) is 1.55. The zero-order chi connectivity index (χ0) is 24.2. The summed E-state index contributed by atoms with van der Waals surface area (Å²) in [4.78, 5) is 31.6. The first-order valence-corrected chi connectivity index (χ1v) is 10.7. The molecule has 0 spiro atoms. The highest BCUT2D eigenvalue weighted by Crippen LogP contribution is 2.18. The molecule has 0 amide bonds. The number of hydrogen-bond acceptors (Lipinski definition) is 7. The fraction of sp³-hybridized carbons (Fsp3) is 0.375. The van der Waals surface area contributed by atoms with Crippen molar-refractivity contribution in [2.75, 3.05) is 27.2 Å². The molecule has 0 aliphatic rings. The molecular weight excluding hydrogens is 422 g/mol. The van der Waals surface area contributed by atoms with Crippen LogP contribution < -0.4 is 10.3 Å². The lowest BCUT2D eigenvalue weighted by Gasteiger charge is -2.11. The number of carboxylic acid groups (broad SMARTS) is 1. The van der Waals surface area contributed by atoms with E-state index in [1.165, 1.54) is 4.68 Å². The molecule has 2 heterocycles. The van der Waals surface area contributed by atoms with Crippen LogP contribution in [0.4, 0.5) is 0 Å². The number of rotatable bonds is 9. The van der Waals surface area contributed by atoms with Gasteiger partial charge in [-0.3, -0.25) is 9.59 Å². The highest BCUT2D eigenvalue weighted by Gasteiger charge is 2.08. The van der Waals surface area contributed by atoms with E-state index >= 15 is 0 Å². The van der Waals surface area contributed by atoms with E-state index in [0.717, 1.165) is 29.8 Å². The standard InChI is InChI=1S/C23H29N5O2.CH2O2/c1-17(2)21-9-10-22(29)28(26-21)16-18-7-5-8-19(13-18)23-24-14-20(15-25-23)30-12-6-11-27(3)4;2-1-3/h5,7-10,13-15,17H,6,11-12,16H2,1-4H3;1H,(H,2,3). The van der Waals surface area contributed by atoms with Gasteiger partial charge < -0.3 is 14.7 Å². The molecule has 9 heteroatoms. The summed E-state index contributed by atoms with van der Waals surface area (Å²) in [5.41, 5.74) is 2.64. The van der Waals surface area contributed by atoms with Gasteiger partial charge in [0.2, 0.25) is 0 Å². The normalized spacial score (nSPS) is 10.6. The summed E-state index contributed by atoms with van der Waals surface area (Å²) >= 11 is 0. The third kappa shape index (κ3) is 8.46. The van der Waals surface area contributed by atoms with Crippen LogP contribution in [0.1, 0.15) is 37.4 Å². The molecule has 0 radical (unpaired) electrons. The van der Waals surface area contributed by atoms with Crippen molar-refractivity contribution in [1.29, 1.82) is 0 Å². The number of aromatic nitrogens is 4. The Bertz CT molecular complexity index is 1060. The molecule has 3 rings (SSSR count). The Kier molecular flexibility index (Phi) is 10.2. The Morgan fingerprint density at radius 1 is 1.15 bits per heavy atom. The van der Waals surface area contributed by atoms with E-state index < -0.39 is 0 Å².